The number of hydrogen-bond acceptors (Lipinski definition) is 4. The summed E-state index contributed by atoms with van der Waals surface area (Å²) in [6.45, 7) is 3.14. The standard InChI is InChI=1S/C18H29ClF2N4O2/c1-4-22-18(23-8-10-25(2)9-5-11-26-3)24-13-14-12-15(19)6-7-16(14)27-17(20)21/h6-7,12,17H,4-5,8-11,13H2,1-3H3,(H2,22,23,24). The van der Waals surface area contributed by atoms with Crippen molar-refractivity contribution < 1.29 is 18.3 Å². The van der Waals surface area contributed by atoms with Gasteiger partial charge in [0, 0.05) is 50.5 Å². The first kappa shape index (κ1) is 23.4. The van der Waals surface area contributed by atoms with Gasteiger partial charge in [-0.2, -0.15) is 8.78 Å². The minimum atomic E-state index is -2.89. The van der Waals surface area contributed by atoms with Crippen LogP contribution in [0.3, 0.4) is 0 Å². The molecule has 0 bridgehead atoms. The maximum Gasteiger partial charge on any atom is 0.387 e. The number of nitrogens with zero attached hydrogens (tertiary/aromatic N) is 2. The van der Waals surface area contributed by atoms with Crippen LogP contribution in [0.15, 0.2) is 23.2 Å². The third kappa shape index (κ3) is 10.3. The topological polar surface area (TPSA) is 58.1 Å². The Balaban J connectivity index is 2.62. The van der Waals surface area contributed by atoms with Crippen molar-refractivity contribution >= 4 is 17.6 Å². The maximum atomic E-state index is 12.5. The number of nitrogens with one attached hydrogen (secondary N) is 2. The van der Waals surface area contributed by atoms with Crippen LogP contribution >= 0.6 is 11.6 Å². The van der Waals surface area contributed by atoms with E-state index >= 15 is 0 Å². The van der Waals surface area contributed by atoms with Gasteiger partial charge in [-0.25, -0.2) is 4.99 Å². The summed E-state index contributed by atoms with van der Waals surface area (Å²) in [5.41, 5.74) is 0.497. The van der Waals surface area contributed by atoms with E-state index in [9.17, 15) is 8.78 Å². The Morgan fingerprint density at radius 1 is 1.30 bits per heavy atom. The van der Waals surface area contributed by atoms with Gasteiger partial charge in [0.1, 0.15) is 5.75 Å². The highest BCUT2D eigenvalue weighted by molar-refractivity contribution is 6.30. The molecule has 0 radical (unpaired) electrons. The van der Waals surface area contributed by atoms with E-state index in [2.05, 4.69) is 25.3 Å². The van der Waals surface area contributed by atoms with Crippen molar-refractivity contribution in [2.24, 2.45) is 4.99 Å². The molecule has 2 N–H and O–H groups in total. The van der Waals surface area contributed by atoms with Crippen molar-refractivity contribution in [3.05, 3.63) is 28.8 Å². The number of ether oxygens (including phenoxy) is 2. The summed E-state index contributed by atoms with van der Waals surface area (Å²) in [4.78, 5) is 6.63. The minimum Gasteiger partial charge on any atom is -0.434 e. The van der Waals surface area contributed by atoms with Gasteiger partial charge >= 0.3 is 6.61 Å². The molecule has 0 saturated carbocycles. The third-order valence-corrected chi connectivity index (χ3v) is 3.90. The Labute approximate surface area is 164 Å². The number of benzene rings is 1. The Morgan fingerprint density at radius 3 is 2.74 bits per heavy atom. The molecule has 0 saturated heterocycles. The lowest BCUT2D eigenvalue weighted by molar-refractivity contribution is -0.0504. The second kappa shape index (κ2) is 13.5. The van der Waals surface area contributed by atoms with Crippen molar-refractivity contribution in [2.45, 2.75) is 26.5 Å². The van der Waals surface area contributed by atoms with Gasteiger partial charge in [0.15, 0.2) is 5.96 Å². The molecule has 1 rings (SSSR count). The molecule has 154 valence electrons. The molecule has 0 fully saturated rings. The number of halogens is 3. The van der Waals surface area contributed by atoms with Gasteiger partial charge in [0.2, 0.25) is 0 Å². The zero-order chi connectivity index (χ0) is 20.1. The zero-order valence-corrected chi connectivity index (χ0v) is 16.9. The number of methoxy groups -OCH3 is 1. The molecular formula is C18H29ClF2N4O2. The summed E-state index contributed by atoms with van der Waals surface area (Å²) in [5, 5.41) is 6.81. The van der Waals surface area contributed by atoms with Crippen LogP contribution in [0.1, 0.15) is 18.9 Å². The van der Waals surface area contributed by atoms with Crippen LogP contribution in [0, 0.1) is 0 Å². The van der Waals surface area contributed by atoms with E-state index in [1.807, 2.05) is 14.0 Å². The molecule has 0 aliphatic rings. The van der Waals surface area contributed by atoms with E-state index in [1.54, 1.807) is 13.2 Å². The van der Waals surface area contributed by atoms with Crippen LogP contribution in [-0.2, 0) is 11.3 Å². The van der Waals surface area contributed by atoms with Crippen molar-refractivity contribution in [2.75, 3.05) is 46.9 Å². The van der Waals surface area contributed by atoms with E-state index in [4.69, 9.17) is 16.3 Å². The molecule has 0 unspecified atom stereocenters. The zero-order valence-electron chi connectivity index (χ0n) is 16.1. The lowest BCUT2D eigenvalue weighted by atomic mass is 10.2. The second-order valence-electron chi connectivity index (χ2n) is 5.90. The Hall–Kier alpha value is -1.64. The van der Waals surface area contributed by atoms with Crippen LogP contribution < -0.4 is 15.4 Å². The smallest absolute Gasteiger partial charge is 0.387 e. The summed E-state index contributed by atoms with van der Waals surface area (Å²) in [7, 11) is 3.74. The normalized spacial score (nSPS) is 11.9. The highest BCUT2D eigenvalue weighted by Gasteiger charge is 2.10. The second-order valence-corrected chi connectivity index (χ2v) is 6.34. The molecule has 1 aromatic carbocycles. The number of guanidine groups is 1. The maximum absolute atomic E-state index is 12.5. The highest BCUT2D eigenvalue weighted by atomic mass is 35.5. The van der Waals surface area contributed by atoms with Crippen LogP contribution in [0.5, 0.6) is 5.75 Å². The average Bonchev–Trinajstić information content (AvgIpc) is 2.61. The van der Waals surface area contributed by atoms with Crippen molar-refractivity contribution in [1.29, 1.82) is 0 Å². The van der Waals surface area contributed by atoms with Crippen LogP contribution in [0.2, 0.25) is 5.02 Å². The largest absolute Gasteiger partial charge is 0.434 e. The van der Waals surface area contributed by atoms with E-state index in [1.165, 1.54) is 12.1 Å². The Kier molecular flexibility index (Phi) is 11.7. The highest BCUT2D eigenvalue weighted by Crippen LogP contribution is 2.25. The third-order valence-electron chi connectivity index (χ3n) is 3.66. The van der Waals surface area contributed by atoms with Gasteiger partial charge in [-0.15, -0.1) is 0 Å². The lowest BCUT2D eigenvalue weighted by Gasteiger charge is -2.18. The first-order chi connectivity index (χ1) is 13.0. The average molecular weight is 407 g/mol. The Morgan fingerprint density at radius 2 is 2.07 bits per heavy atom. The van der Waals surface area contributed by atoms with Gasteiger partial charge in [-0.3, -0.25) is 0 Å². The molecule has 1 aromatic rings. The van der Waals surface area contributed by atoms with E-state index in [0.29, 0.717) is 29.6 Å². The van der Waals surface area contributed by atoms with Gasteiger partial charge in [0.25, 0.3) is 0 Å². The first-order valence-corrected chi connectivity index (χ1v) is 9.27. The molecule has 0 amide bonds. The van der Waals surface area contributed by atoms with Crippen LogP contribution in [0.4, 0.5) is 8.78 Å². The monoisotopic (exact) mass is 406 g/mol. The fraction of sp³-hybridized carbons (Fsp3) is 0.611. The molecule has 27 heavy (non-hydrogen) atoms. The number of rotatable bonds is 12. The van der Waals surface area contributed by atoms with Crippen molar-refractivity contribution in [1.82, 2.24) is 15.5 Å². The molecule has 9 heteroatoms. The van der Waals surface area contributed by atoms with Crippen LogP contribution in [-0.4, -0.2) is 64.4 Å². The number of hydrogen-bond donors (Lipinski definition) is 2. The van der Waals surface area contributed by atoms with E-state index in [0.717, 1.165) is 26.1 Å². The molecule has 0 heterocycles. The van der Waals surface area contributed by atoms with E-state index < -0.39 is 6.61 Å². The van der Waals surface area contributed by atoms with Gasteiger partial charge in [-0.05, 0) is 38.6 Å². The summed E-state index contributed by atoms with van der Waals surface area (Å²) in [6.07, 6.45) is 0.975. The quantitative estimate of drug-likeness (QED) is 0.317. The molecule has 0 aromatic heterocycles. The molecule has 0 atom stereocenters. The molecule has 0 aliphatic carbocycles. The molecule has 0 aliphatic heterocycles. The van der Waals surface area contributed by atoms with Crippen molar-refractivity contribution in [3.63, 3.8) is 0 Å². The van der Waals surface area contributed by atoms with E-state index in [-0.39, 0.29) is 12.3 Å². The Bertz CT molecular complexity index is 576. The summed E-state index contributed by atoms with van der Waals surface area (Å²) in [6, 6.07) is 4.51. The predicted octanol–water partition coefficient (Wildman–Crippen LogP) is 2.96. The van der Waals surface area contributed by atoms with Crippen molar-refractivity contribution in [3.8, 4) is 5.75 Å². The van der Waals surface area contributed by atoms with Gasteiger partial charge in [0.05, 0.1) is 6.54 Å². The fourth-order valence-corrected chi connectivity index (χ4v) is 2.54. The summed E-state index contributed by atoms with van der Waals surface area (Å²) >= 11 is 5.96. The van der Waals surface area contributed by atoms with Crippen LogP contribution in [0.25, 0.3) is 0 Å². The summed E-state index contributed by atoms with van der Waals surface area (Å²) in [5.74, 6) is 0.678. The first-order valence-electron chi connectivity index (χ1n) is 8.89. The van der Waals surface area contributed by atoms with Gasteiger partial charge < -0.3 is 25.0 Å². The fourth-order valence-electron chi connectivity index (χ4n) is 2.34. The number of aliphatic imine (C=N–C) groups is 1. The predicted molar refractivity (Wildman–Crippen MR) is 105 cm³/mol. The molecular weight excluding hydrogens is 378 g/mol. The summed E-state index contributed by atoms with van der Waals surface area (Å²) < 4.78 is 34.7. The lowest BCUT2D eigenvalue weighted by Crippen LogP contribution is -2.41. The van der Waals surface area contributed by atoms with Gasteiger partial charge in [-0.1, -0.05) is 11.6 Å². The number of alkyl halides is 2. The minimum absolute atomic E-state index is 0.0758. The number of likely N-dealkylation sites (N-methyl/N-ethyl adjacent to an activating group) is 1. The molecule has 6 nitrogen and oxygen atoms in total. The SMILES string of the molecule is CCNC(=NCc1cc(Cl)ccc1OC(F)F)NCCN(C)CCCOC. The molecule has 0 spiro atoms.